The molecule has 122 valence electrons. The van der Waals surface area contributed by atoms with Gasteiger partial charge in [0, 0.05) is 14.1 Å². The quantitative estimate of drug-likeness (QED) is 0.806. The van der Waals surface area contributed by atoms with Crippen molar-refractivity contribution in [1.82, 2.24) is 10.3 Å². The molecule has 6 nitrogen and oxygen atoms in total. The van der Waals surface area contributed by atoms with E-state index in [1.54, 1.807) is 14.1 Å². The first-order valence-electron chi connectivity index (χ1n) is 7.59. The molecule has 6 heteroatoms. The first-order chi connectivity index (χ1) is 11.7. The summed E-state index contributed by atoms with van der Waals surface area (Å²) in [5.41, 5.74) is 2.14. The van der Waals surface area contributed by atoms with Gasteiger partial charge in [0.15, 0.2) is 0 Å². The van der Waals surface area contributed by atoms with Crippen LogP contribution in [-0.2, 0) is 6.54 Å². The van der Waals surface area contributed by atoms with Crippen LogP contribution in [0.2, 0.25) is 0 Å². The molecule has 2 aromatic carbocycles. The molecule has 1 heterocycles. The van der Waals surface area contributed by atoms with Gasteiger partial charge in [0.1, 0.15) is 0 Å². The lowest BCUT2D eigenvalue weighted by Gasteiger charge is -2.20. The Kier molecular flexibility index (Phi) is 4.56. The summed E-state index contributed by atoms with van der Waals surface area (Å²) in [7, 11) is 3.23. The van der Waals surface area contributed by atoms with Crippen LogP contribution in [-0.4, -0.2) is 25.1 Å². The number of nitrogens with zero attached hydrogens (tertiary/aromatic N) is 3. The molecular formula is C18H18N4O2. The summed E-state index contributed by atoms with van der Waals surface area (Å²) in [5, 5.41) is 3.43. The van der Waals surface area contributed by atoms with Crippen LogP contribution in [0.4, 0.5) is 10.8 Å². The second-order valence-corrected chi connectivity index (χ2v) is 5.17. The van der Waals surface area contributed by atoms with E-state index in [4.69, 9.17) is 4.42 Å². The third-order valence-corrected chi connectivity index (χ3v) is 3.62. The van der Waals surface area contributed by atoms with Crippen LogP contribution in [0.5, 0.6) is 0 Å². The van der Waals surface area contributed by atoms with Gasteiger partial charge in [0.05, 0.1) is 17.4 Å². The molecule has 3 aromatic rings. The van der Waals surface area contributed by atoms with Gasteiger partial charge in [-0.1, -0.05) is 42.5 Å². The highest BCUT2D eigenvalue weighted by Gasteiger charge is 2.20. The Morgan fingerprint density at radius 2 is 1.88 bits per heavy atom. The number of benzene rings is 2. The lowest BCUT2D eigenvalue weighted by molar-refractivity contribution is 0.246. The first-order valence-corrected chi connectivity index (χ1v) is 7.59. The molecule has 0 aliphatic rings. The van der Waals surface area contributed by atoms with E-state index in [-0.39, 0.29) is 12.0 Å². The van der Waals surface area contributed by atoms with Crippen molar-refractivity contribution in [2.45, 2.75) is 6.54 Å². The van der Waals surface area contributed by atoms with Crippen LogP contribution in [0.25, 0.3) is 10.9 Å². The highest BCUT2D eigenvalue weighted by atomic mass is 16.4. The van der Waals surface area contributed by atoms with E-state index >= 15 is 0 Å². The Bertz CT molecular complexity index is 919. The van der Waals surface area contributed by atoms with Crippen LogP contribution in [0.15, 0.2) is 64.0 Å². The van der Waals surface area contributed by atoms with Crippen LogP contribution >= 0.6 is 0 Å². The molecule has 1 N–H and O–H groups in total. The zero-order valence-corrected chi connectivity index (χ0v) is 13.6. The van der Waals surface area contributed by atoms with Crippen molar-refractivity contribution in [1.29, 1.82) is 0 Å². The van der Waals surface area contributed by atoms with Gasteiger partial charge in [-0.3, -0.25) is 4.99 Å². The molecule has 2 amide bonds. The predicted octanol–water partition coefficient (Wildman–Crippen LogP) is 2.70. The molecule has 0 fully saturated rings. The normalized spacial score (nSPS) is 11.5. The standard InChI is InChI=1S/C18H18N4O2/c1-19-16-14-10-6-7-11-15(14)21-18(24-16)22(17(23)20-2)12-13-8-4-3-5-9-13/h3-11H,12H2,1-2H3,(H,20,23). The number of rotatable bonds is 3. The molecule has 0 spiro atoms. The summed E-state index contributed by atoms with van der Waals surface area (Å²) in [6, 6.07) is 17.1. The van der Waals surface area contributed by atoms with Crippen molar-refractivity contribution in [3.05, 3.63) is 65.7 Å². The SMILES string of the molecule is CN=c1oc(N(Cc2ccccc2)C(=O)NC)nc2ccccc12. The molecule has 3 rings (SSSR count). The highest BCUT2D eigenvalue weighted by Crippen LogP contribution is 2.17. The summed E-state index contributed by atoms with van der Waals surface area (Å²) in [6.07, 6.45) is 0. The minimum absolute atomic E-state index is 0.206. The number of para-hydroxylation sites is 1. The average molecular weight is 322 g/mol. The van der Waals surface area contributed by atoms with Gasteiger partial charge in [0.25, 0.3) is 0 Å². The van der Waals surface area contributed by atoms with Crippen molar-refractivity contribution in [2.24, 2.45) is 4.99 Å². The third kappa shape index (κ3) is 3.12. The molecule has 0 saturated heterocycles. The lowest BCUT2D eigenvalue weighted by atomic mass is 10.2. The number of anilines is 1. The van der Waals surface area contributed by atoms with Gasteiger partial charge in [-0.25, -0.2) is 9.69 Å². The molecule has 0 bridgehead atoms. The summed E-state index contributed by atoms with van der Waals surface area (Å²) in [5.74, 6) is 0. The molecule has 0 unspecified atom stereocenters. The summed E-state index contributed by atoms with van der Waals surface area (Å²) in [6.45, 7) is 0.346. The van der Waals surface area contributed by atoms with E-state index < -0.39 is 0 Å². The van der Waals surface area contributed by atoms with Gasteiger partial charge in [-0.2, -0.15) is 4.98 Å². The fourth-order valence-corrected chi connectivity index (χ4v) is 2.43. The van der Waals surface area contributed by atoms with Crippen LogP contribution in [0.1, 0.15) is 5.56 Å². The largest absolute Gasteiger partial charge is 0.406 e. The molecule has 0 atom stereocenters. The van der Waals surface area contributed by atoms with E-state index in [1.165, 1.54) is 4.90 Å². The lowest BCUT2D eigenvalue weighted by Crippen LogP contribution is -2.38. The summed E-state index contributed by atoms with van der Waals surface area (Å²) in [4.78, 5) is 22.4. The summed E-state index contributed by atoms with van der Waals surface area (Å²) >= 11 is 0. The van der Waals surface area contributed by atoms with Gasteiger partial charge < -0.3 is 9.73 Å². The number of carbonyl (C=O) groups is 1. The first kappa shape index (κ1) is 15.7. The smallest absolute Gasteiger partial charge is 0.325 e. The monoisotopic (exact) mass is 322 g/mol. The van der Waals surface area contributed by atoms with Crippen LogP contribution in [0.3, 0.4) is 0 Å². The maximum absolute atomic E-state index is 12.3. The predicted molar refractivity (Wildman–Crippen MR) is 92.6 cm³/mol. The van der Waals surface area contributed by atoms with Gasteiger partial charge in [-0.15, -0.1) is 0 Å². The Balaban J connectivity index is 2.11. The van der Waals surface area contributed by atoms with Gasteiger partial charge >= 0.3 is 12.0 Å². The number of urea groups is 1. The third-order valence-electron chi connectivity index (χ3n) is 3.62. The van der Waals surface area contributed by atoms with Crippen molar-refractivity contribution in [3.63, 3.8) is 0 Å². The van der Waals surface area contributed by atoms with Crippen molar-refractivity contribution in [3.8, 4) is 0 Å². The average Bonchev–Trinajstić information content (AvgIpc) is 2.65. The molecule has 1 aromatic heterocycles. The minimum atomic E-state index is -0.299. The van der Waals surface area contributed by atoms with Crippen LogP contribution in [0, 0.1) is 0 Å². The topological polar surface area (TPSA) is 70.7 Å². The zero-order valence-electron chi connectivity index (χ0n) is 13.6. The molecule has 0 saturated carbocycles. The number of fused-ring (bicyclic) bond motifs is 1. The van der Waals surface area contributed by atoms with E-state index in [0.717, 1.165) is 16.5 Å². The Morgan fingerprint density at radius 3 is 2.58 bits per heavy atom. The zero-order chi connectivity index (χ0) is 16.9. The minimum Gasteiger partial charge on any atom is -0.406 e. The number of nitrogens with one attached hydrogen (secondary N) is 1. The number of hydrogen-bond acceptors (Lipinski definition) is 4. The maximum atomic E-state index is 12.3. The second-order valence-electron chi connectivity index (χ2n) is 5.17. The number of aromatic nitrogens is 1. The molecule has 0 radical (unpaired) electrons. The van der Waals surface area contributed by atoms with Gasteiger partial charge in [-0.05, 0) is 17.7 Å². The van der Waals surface area contributed by atoms with Crippen LogP contribution < -0.4 is 15.8 Å². The Morgan fingerprint density at radius 1 is 1.17 bits per heavy atom. The number of hydrogen-bond donors (Lipinski definition) is 1. The van der Waals surface area contributed by atoms with Crippen molar-refractivity contribution in [2.75, 3.05) is 19.0 Å². The Hall–Kier alpha value is -3.15. The fourth-order valence-electron chi connectivity index (χ4n) is 2.43. The molecule has 0 aliphatic heterocycles. The van der Waals surface area contributed by atoms with E-state index in [2.05, 4.69) is 15.3 Å². The van der Waals surface area contributed by atoms with Crippen molar-refractivity contribution >= 4 is 22.9 Å². The van der Waals surface area contributed by atoms with E-state index in [0.29, 0.717) is 12.1 Å². The maximum Gasteiger partial charge on any atom is 0.325 e. The van der Waals surface area contributed by atoms with E-state index in [9.17, 15) is 4.79 Å². The van der Waals surface area contributed by atoms with E-state index in [1.807, 2.05) is 54.6 Å². The second kappa shape index (κ2) is 6.95. The molecular weight excluding hydrogens is 304 g/mol. The number of carbonyl (C=O) groups excluding carboxylic acids is 1. The summed E-state index contributed by atoms with van der Waals surface area (Å²) < 4.78 is 5.78. The van der Waals surface area contributed by atoms with Gasteiger partial charge in [0.2, 0.25) is 5.55 Å². The highest BCUT2D eigenvalue weighted by molar-refractivity contribution is 5.90. The molecule has 0 aliphatic carbocycles. The number of amides is 2. The Labute approximate surface area is 139 Å². The molecule has 24 heavy (non-hydrogen) atoms. The fraction of sp³-hybridized carbons (Fsp3) is 0.167. The van der Waals surface area contributed by atoms with Crippen molar-refractivity contribution < 1.29 is 9.21 Å².